The summed E-state index contributed by atoms with van der Waals surface area (Å²) >= 11 is 0. The van der Waals surface area contributed by atoms with Crippen molar-refractivity contribution in [2.75, 3.05) is 33.5 Å². The molecule has 0 saturated heterocycles. The van der Waals surface area contributed by atoms with Crippen LogP contribution in [0.2, 0.25) is 0 Å². The summed E-state index contributed by atoms with van der Waals surface area (Å²) in [5.41, 5.74) is 0. The molecule has 1 N–H and O–H groups in total. The van der Waals surface area contributed by atoms with Gasteiger partial charge in [0.2, 0.25) is 0 Å². The number of nitrogens with zero attached hydrogens (tertiary/aromatic N) is 4. The smallest absolute Gasteiger partial charge is 0.261 e. The number of aromatic nitrogens is 4. The molecule has 0 fully saturated rings. The van der Waals surface area contributed by atoms with Crippen LogP contribution in [0.1, 0.15) is 18.8 Å². The maximum atomic E-state index is 11.9. The van der Waals surface area contributed by atoms with Crippen LogP contribution in [0.15, 0.2) is 0 Å². The lowest BCUT2D eigenvalue weighted by Gasteiger charge is -2.13. The Balaban J connectivity index is 2.36. The number of halogens is 2. The van der Waals surface area contributed by atoms with Gasteiger partial charge in [-0.15, -0.1) is 5.10 Å². The summed E-state index contributed by atoms with van der Waals surface area (Å²) in [7, 11) is 1.62. The Morgan fingerprint density at radius 2 is 2.16 bits per heavy atom. The third-order valence-corrected chi connectivity index (χ3v) is 2.39. The molecule has 0 aliphatic carbocycles. The number of alkyl halides is 2. The molecule has 0 aliphatic heterocycles. The van der Waals surface area contributed by atoms with Gasteiger partial charge in [0.15, 0.2) is 5.82 Å². The maximum Gasteiger partial charge on any atom is 0.261 e. The third-order valence-electron chi connectivity index (χ3n) is 2.39. The lowest BCUT2D eigenvalue weighted by molar-refractivity contribution is 0.0136. The fourth-order valence-corrected chi connectivity index (χ4v) is 1.47. The first kappa shape index (κ1) is 15.9. The molecule has 19 heavy (non-hydrogen) atoms. The van der Waals surface area contributed by atoms with Gasteiger partial charge in [0.25, 0.3) is 6.43 Å². The van der Waals surface area contributed by atoms with Crippen LogP contribution in [0.25, 0.3) is 0 Å². The second-order valence-corrected chi connectivity index (χ2v) is 3.89. The Bertz CT molecular complexity index is 350. The molecule has 7 nitrogen and oxygen atoms in total. The summed E-state index contributed by atoms with van der Waals surface area (Å²) in [6, 6.07) is -0.0553. The van der Waals surface area contributed by atoms with Crippen molar-refractivity contribution in [1.29, 1.82) is 0 Å². The normalized spacial score (nSPS) is 13.1. The fourth-order valence-electron chi connectivity index (χ4n) is 1.47. The number of methoxy groups -OCH3 is 1. The highest BCUT2D eigenvalue weighted by Gasteiger charge is 2.13. The monoisotopic (exact) mass is 279 g/mol. The summed E-state index contributed by atoms with van der Waals surface area (Å²) in [6.45, 7) is 3.09. The molecule has 9 heteroatoms. The predicted molar refractivity (Wildman–Crippen MR) is 62.9 cm³/mol. The topological polar surface area (TPSA) is 74.1 Å². The molecule has 1 aromatic rings. The number of ether oxygens (including phenoxy) is 2. The Hall–Kier alpha value is -1.19. The molecule has 1 rings (SSSR count). The molecule has 0 saturated carbocycles. The fraction of sp³-hybridized carbons (Fsp3) is 0.900. The first-order valence-corrected chi connectivity index (χ1v) is 5.99. The number of hydrogen-bond acceptors (Lipinski definition) is 6. The highest BCUT2D eigenvalue weighted by molar-refractivity contribution is 4.89. The molecule has 1 unspecified atom stereocenters. The summed E-state index contributed by atoms with van der Waals surface area (Å²) in [5, 5.41) is 14.5. The second kappa shape index (κ2) is 8.83. The number of hydrogen-bond donors (Lipinski definition) is 1. The van der Waals surface area contributed by atoms with Gasteiger partial charge in [-0.2, -0.15) is 0 Å². The second-order valence-electron chi connectivity index (χ2n) is 3.89. The molecule has 0 aromatic carbocycles. The van der Waals surface area contributed by atoms with Gasteiger partial charge in [0.05, 0.1) is 25.8 Å². The van der Waals surface area contributed by atoms with Crippen LogP contribution in [-0.2, 0) is 16.0 Å². The minimum atomic E-state index is -2.46. The van der Waals surface area contributed by atoms with E-state index in [0.717, 1.165) is 0 Å². The average molecular weight is 279 g/mol. The lowest BCUT2D eigenvalue weighted by atomic mass is 10.3. The van der Waals surface area contributed by atoms with Crippen molar-refractivity contribution >= 4 is 0 Å². The van der Waals surface area contributed by atoms with Crippen molar-refractivity contribution in [2.24, 2.45) is 0 Å². The highest BCUT2D eigenvalue weighted by atomic mass is 19.3. The summed E-state index contributed by atoms with van der Waals surface area (Å²) in [6.07, 6.45) is -2.46. The van der Waals surface area contributed by atoms with Crippen LogP contribution in [0.4, 0.5) is 8.78 Å². The van der Waals surface area contributed by atoms with Crippen LogP contribution in [0.3, 0.4) is 0 Å². The molecule has 110 valence electrons. The van der Waals surface area contributed by atoms with Gasteiger partial charge >= 0.3 is 0 Å². The zero-order valence-electron chi connectivity index (χ0n) is 11.1. The summed E-state index contributed by atoms with van der Waals surface area (Å²) in [5.74, 6) is 0.636. The van der Waals surface area contributed by atoms with Gasteiger partial charge in [-0.3, -0.25) is 0 Å². The van der Waals surface area contributed by atoms with E-state index in [1.54, 1.807) is 7.11 Å². The summed E-state index contributed by atoms with van der Waals surface area (Å²) in [4.78, 5) is 0. The molecule has 0 aliphatic rings. The molecule has 0 radical (unpaired) electrons. The van der Waals surface area contributed by atoms with E-state index in [9.17, 15) is 8.78 Å². The predicted octanol–water partition coefficient (Wildman–Crippen LogP) is 0.252. The zero-order chi connectivity index (χ0) is 14.1. The molecule has 1 aromatic heterocycles. The maximum absolute atomic E-state index is 11.9. The molecule has 0 bridgehead atoms. The van der Waals surface area contributed by atoms with E-state index in [1.165, 1.54) is 4.68 Å². The van der Waals surface area contributed by atoms with E-state index in [0.29, 0.717) is 25.5 Å². The Labute approximate surface area is 110 Å². The zero-order valence-corrected chi connectivity index (χ0v) is 11.1. The van der Waals surface area contributed by atoms with Crippen molar-refractivity contribution in [3.63, 3.8) is 0 Å². The first-order valence-electron chi connectivity index (χ1n) is 5.99. The van der Waals surface area contributed by atoms with Crippen LogP contribution in [0.5, 0.6) is 0 Å². The number of nitrogens with one attached hydrogen (secondary N) is 1. The summed E-state index contributed by atoms with van der Waals surface area (Å²) < 4.78 is 35.0. The molecule has 1 heterocycles. The van der Waals surface area contributed by atoms with Gasteiger partial charge in [-0.1, -0.05) is 0 Å². The van der Waals surface area contributed by atoms with Crippen LogP contribution >= 0.6 is 0 Å². The van der Waals surface area contributed by atoms with Crippen molar-refractivity contribution < 1.29 is 18.3 Å². The number of rotatable bonds is 10. The van der Waals surface area contributed by atoms with E-state index in [2.05, 4.69) is 20.8 Å². The van der Waals surface area contributed by atoms with E-state index < -0.39 is 13.0 Å². The largest absolute Gasteiger partial charge is 0.383 e. The number of tetrazole rings is 1. The van der Waals surface area contributed by atoms with E-state index in [-0.39, 0.29) is 12.6 Å². The van der Waals surface area contributed by atoms with Gasteiger partial charge < -0.3 is 14.8 Å². The lowest BCUT2D eigenvalue weighted by Crippen LogP contribution is -2.26. The van der Waals surface area contributed by atoms with Crippen molar-refractivity contribution in [3.8, 4) is 0 Å². The molecular formula is C10H19F2N5O2. The first-order chi connectivity index (χ1) is 9.15. The van der Waals surface area contributed by atoms with Gasteiger partial charge in [-0.25, -0.2) is 13.5 Å². The van der Waals surface area contributed by atoms with E-state index in [4.69, 9.17) is 9.47 Å². The minimum absolute atomic E-state index is 0.0553. The SMILES string of the molecule is COCCNC(C)c1nnnn1CCOCC(F)F. The van der Waals surface area contributed by atoms with E-state index in [1.807, 2.05) is 6.92 Å². The van der Waals surface area contributed by atoms with E-state index >= 15 is 0 Å². The minimum Gasteiger partial charge on any atom is -0.383 e. The molecule has 0 amide bonds. The van der Waals surface area contributed by atoms with Crippen molar-refractivity contribution in [1.82, 2.24) is 25.5 Å². The molecular weight excluding hydrogens is 260 g/mol. The highest BCUT2D eigenvalue weighted by Crippen LogP contribution is 2.06. The standard InChI is InChI=1S/C10H19F2N5O2/c1-8(13-3-5-18-2)10-14-15-16-17(10)4-6-19-7-9(11)12/h8-9,13H,3-7H2,1-2H3. The van der Waals surface area contributed by atoms with Crippen molar-refractivity contribution in [3.05, 3.63) is 5.82 Å². The van der Waals surface area contributed by atoms with Gasteiger partial charge in [0.1, 0.15) is 6.61 Å². The van der Waals surface area contributed by atoms with Crippen molar-refractivity contribution in [2.45, 2.75) is 25.9 Å². The average Bonchev–Trinajstić information content (AvgIpc) is 2.83. The van der Waals surface area contributed by atoms with Crippen LogP contribution < -0.4 is 5.32 Å². The Morgan fingerprint density at radius 1 is 1.37 bits per heavy atom. The molecule has 1 atom stereocenters. The van der Waals surface area contributed by atoms with Gasteiger partial charge in [0, 0.05) is 13.7 Å². The van der Waals surface area contributed by atoms with Crippen LogP contribution in [-0.4, -0.2) is 60.1 Å². The third kappa shape index (κ3) is 5.99. The van der Waals surface area contributed by atoms with Gasteiger partial charge in [-0.05, 0) is 17.4 Å². The molecule has 0 spiro atoms. The Morgan fingerprint density at radius 3 is 2.84 bits per heavy atom. The Kier molecular flexibility index (Phi) is 7.38. The quantitative estimate of drug-likeness (QED) is 0.619. The van der Waals surface area contributed by atoms with Crippen LogP contribution in [0, 0.1) is 0 Å².